The monoisotopic (exact) mass is 476 g/mol. The molecule has 0 bridgehead atoms. The zero-order valence-electron chi connectivity index (χ0n) is 19.2. The van der Waals surface area contributed by atoms with Crippen LogP contribution in [0.1, 0.15) is 28.4 Å². The highest BCUT2D eigenvalue weighted by atomic mass is 32.2. The number of rotatable bonds is 5. The van der Waals surface area contributed by atoms with Crippen LogP contribution in [0.5, 0.6) is 0 Å². The highest BCUT2D eigenvalue weighted by Crippen LogP contribution is 2.36. The molecular formula is C26H28N4O3S. The summed E-state index contributed by atoms with van der Waals surface area (Å²) in [4.78, 5) is 21.5. The van der Waals surface area contributed by atoms with Gasteiger partial charge in [-0.1, -0.05) is 24.3 Å². The number of nitrogens with zero attached hydrogens (tertiary/aromatic N) is 4. The molecule has 2 aliphatic heterocycles. The Kier molecular flexibility index (Phi) is 6.10. The first kappa shape index (κ1) is 22.6. The maximum absolute atomic E-state index is 13.6. The molecule has 0 saturated carbocycles. The SMILES string of the molecule is C[C@H]1Cc2ccccc2N1S(=O)(=O)c1cccc(C(=O)N2CCN(Cc3ccncc3)CC2)c1. The van der Waals surface area contributed by atoms with Crippen molar-refractivity contribution in [3.63, 3.8) is 0 Å². The van der Waals surface area contributed by atoms with E-state index in [1.165, 1.54) is 15.9 Å². The lowest BCUT2D eigenvalue weighted by atomic mass is 10.1. The summed E-state index contributed by atoms with van der Waals surface area (Å²) in [7, 11) is -3.78. The predicted molar refractivity (Wildman–Crippen MR) is 131 cm³/mol. The number of hydrogen-bond donors (Lipinski definition) is 0. The molecule has 5 rings (SSSR count). The third-order valence-corrected chi connectivity index (χ3v) is 8.52. The van der Waals surface area contributed by atoms with E-state index in [9.17, 15) is 13.2 Å². The Morgan fingerprint density at radius 1 is 0.971 bits per heavy atom. The molecule has 2 aromatic carbocycles. The number of anilines is 1. The van der Waals surface area contributed by atoms with Crippen molar-refractivity contribution in [2.24, 2.45) is 0 Å². The lowest BCUT2D eigenvalue weighted by Crippen LogP contribution is -2.48. The predicted octanol–water partition coefficient (Wildman–Crippen LogP) is 3.18. The molecule has 0 aliphatic carbocycles. The fraction of sp³-hybridized carbons (Fsp3) is 0.308. The van der Waals surface area contributed by atoms with Crippen LogP contribution in [0.4, 0.5) is 5.69 Å². The van der Waals surface area contributed by atoms with Crippen LogP contribution in [-0.4, -0.2) is 61.3 Å². The van der Waals surface area contributed by atoms with E-state index in [2.05, 4.69) is 9.88 Å². The van der Waals surface area contributed by atoms with Gasteiger partial charge in [0.15, 0.2) is 0 Å². The minimum atomic E-state index is -3.78. The molecule has 1 saturated heterocycles. The normalized spacial score (nSPS) is 18.7. The number of sulfonamides is 1. The fourth-order valence-electron chi connectivity index (χ4n) is 4.84. The summed E-state index contributed by atoms with van der Waals surface area (Å²) in [6.45, 7) is 5.50. The van der Waals surface area contributed by atoms with E-state index in [4.69, 9.17) is 0 Å². The lowest BCUT2D eigenvalue weighted by molar-refractivity contribution is 0.0628. The smallest absolute Gasteiger partial charge is 0.264 e. The van der Waals surface area contributed by atoms with Gasteiger partial charge in [0.25, 0.3) is 15.9 Å². The maximum Gasteiger partial charge on any atom is 0.264 e. The fourth-order valence-corrected chi connectivity index (χ4v) is 6.58. The zero-order valence-corrected chi connectivity index (χ0v) is 20.0. The molecule has 0 unspecified atom stereocenters. The molecule has 8 heteroatoms. The van der Waals surface area contributed by atoms with E-state index >= 15 is 0 Å². The van der Waals surface area contributed by atoms with E-state index in [0.29, 0.717) is 25.1 Å². The van der Waals surface area contributed by atoms with Gasteiger partial charge in [-0.05, 0) is 60.9 Å². The first-order valence-electron chi connectivity index (χ1n) is 11.6. The molecule has 1 amide bonds. The van der Waals surface area contributed by atoms with Crippen LogP contribution < -0.4 is 4.31 Å². The van der Waals surface area contributed by atoms with Crippen molar-refractivity contribution >= 4 is 21.6 Å². The Morgan fingerprint density at radius 2 is 1.71 bits per heavy atom. The van der Waals surface area contributed by atoms with Gasteiger partial charge in [-0.15, -0.1) is 0 Å². The Labute approximate surface area is 200 Å². The highest BCUT2D eigenvalue weighted by Gasteiger charge is 2.36. The van der Waals surface area contributed by atoms with Crippen LogP contribution in [0, 0.1) is 0 Å². The zero-order chi connectivity index (χ0) is 23.7. The minimum absolute atomic E-state index is 0.129. The topological polar surface area (TPSA) is 73.8 Å². The molecule has 1 atom stereocenters. The van der Waals surface area contributed by atoms with Crippen molar-refractivity contribution in [1.82, 2.24) is 14.8 Å². The van der Waals surface area contributed by atoms with Gasteiger partial charge in [-0.2, -0.15) is 0 Å². The van der Waals surface area contributed by atoms with E-state index < -0.39 is 10.0 Å². The van der Waals surface area contributed by atoms with E-state index in [0.717, 1.165) is 30.9 Å². The van der Waals surface area contributed by atoms with Gasteiger partial charge in [0.2, 0.25) is 0 Å². The summed E-state index contributed by atoms with van der Waals surface area (Å²) in [5.74, 6) is -0.129. The average Bonchev–Trinajstić information content (AvgIpc) is 3.21. The number of carbonyl (C=O) groups is 1. The van der Waals surface area contributed by atoms with Gasteiger partial charge < -0.3 is 4.90 Å². The number of piperazine rings is 1. The third kappa shape index (κ3) is 4.31. The molecule has 34 heavy (non-hydrogen) atoms. The van der Waals surface area contributed by atoms with Crippen LogP contribution in [0.25, 0.3) is 0 Å². The van der Waals surface area contributed by atoms with E-state index in [1.54, 1.807) is 30.6 Å². The summed E-state index contributed by atoms with van der Waals surface area (Å²) in [6.07, 6.45) is 4.26. The first-order chi connectivity index (χ1) is 16.4. The Balaban J connectivity index is 1.30. The van der Waals surface area contributed by atoms with Gasteiger partial charge in [-0.3, -0.25) is 19.0 Å². The quantitative estimate of drug-likeness (QED) is 0.566. The average molecular weight is 477 g/mol. The van der Waals surface area contributed by atoms with Crippen molar-refractivity contribution in [3.05, 3.63) is 89.7 Å². The Hall–Kier alpha value is -3.23. The van der Waals surface area contributed by atoms with Gasteiger partial charge in [0.05, 0.1) is 10.6 Å². The number of pyridine rings is 1. The highest BCUT2D eigenvalue weighted by molar-refractivity contribution is 7.92. The molecule has 0 N–H and O–H groups in total. The van der Waals surface area contributed by atoms with Gasteiger partial charge in [-0.25, -0.2) is 8.42 Å². The van der Waals surface area contributed by atoms with Gasteiger partial charge in [0.1, 0.15) is 0 Å². The second-order valence-corrected chi connectivity index (χ2v) is 10.7. The van der Waals surface area contributed by atoms with Crippen molar-refractivity contribution in [2.75, 3.05) is 30.5 Å². The summed E-state index contributed by atoms with van der Waals surface area (Å²) in [5, 5.41) is 0. The van der Waals surface area contributed by atoms with Crippen molar-refractivity contribution in [1.29, 1.82) is 0 Å². The number of fused-ring (bicyclic) bond motifs is 1. The third-order valence-electron chi connectivity index (χ3n) is 6.60. The number of aromatic nitrogens is 1. The van der Waals surface area contributed by atoms with Crippen molar-refractivity contribution < 1.29 is 13.2 Å². The number of amides is 1. The Morgan fingerprint density at radius 3 is 2.47 bits per heavy atom. The van der Waals surface area contributed by atoms with Crippen LogP contribution in [-0.2, 0) is 23.0 Å². The Bertz CT molecular complexity index is 1290. The van der Waals surface area contributed by atoms with Gasteiger partial charge in [0, 0.05) is 56.7 Å². The van der Waals surface area contributed by atoms with Crippen LogP contribution >= 0.6 is 0 Å². The number of para-hydroxylation sites is 1. The molecular weight excluding hydrogens is 448 g/mol. The largest absolute Gasteiger partial charge is 0.336 e. The van der Waals surface area contributed by atoms with Crippen molar-refractivity contribution in [3.8, 4) is 0 Å². The van der Waals surface area contributed by atoms with Crippen LogP contribution in [0.3, 0.4) is 0 Å². The number of hydrogen-bond acceptors (Lipinski definition) is 5. The molecule has 1 fully saturated rings. The van der Waals surface area contributed by atoms with Crippen LogP contribution in [0.2, 0.25) is 0 Å². The molecule has 0 spiro atoms. The summed E-state index contributed by atoms with van der Waals surface area (Å²) in [6, 6.07) is 17.9. The molecule has 0 radical (unpaired) electrons. The van der Waals surface area contributed by atoms with Gasteiger partial charge >= 0.3 is 0 Å². The van der Waals surface area contributed by atoms with Crippen LogP contribution in [0.15, 0.2) is 78.0 Å². The molecule has 7 nitrogen and oxygen atoms in total. The molecule has 1 aromatic heterocycles. The van der Waals surface area contributed by atoms with Crippen molar-refractivity contribution in [2.45, 2.75) is 30.8 Å². The second-order valence-electron chi connectivity index (χ2n) is 8.93. The molecule has 176 valence electrons. The molecule has 3 aromatic rings. The maximum atomic E-state index is 13.6. The van der Waals surface area contributed by atoms with E-state index in [1.807, 2.05) is 48.2 Å². The first-order valence-corrected chi connectivity index (χ1v) is 13.0. The lowest BCUT2D eigenvalue weighted by Gasteiger charge is -2.35. The van der Waals surface area contributed by atoms with E-state index in [-0.39, 0.29) is 16.8 Å². The summed E-state index contributed by atoms with van der Waals surface area (Å²) in [5.41, 5.74) is 3.35. The minimum Gasteiger partial charge on any atom is -0.336 e. The molecule has 3 heterocycles. The number of carbonyl (C=O) groups excluding carboxylic acids is 1. The molecule has 2 aliphatic rings. The number of benzene rings is 2. The second kappa shape index (κ2) is 9.19. The standard InChI is InChI=1S/C26H28N4O3S/c1-20-17-22-5-2-3-8-25(22)30(20)34(32,33)24-7-4-6-23(18-24)26(31)29-15-13-28(14-16-29)19-21-9-11-27-12-10-21/h2-12,18,20H,13-17,19H2,1H3/t20-/m0/s1. The summed E-state index contributed by atoms with van der Waals surface area (Å²) >= 11 is 0. The summed E-state index contributed by atoms with van der Waals surface area (Å²) < 4.78 is 28.6.